The van der Waals surface area contributed by atoms with E-state index in [-0.39, 0.29) is 5.69 Å². The van der Waals surface area contributed by atoms with Gasteiger partial charge in [-0.05, 0) is 31.0 Å². The summed E-state index contributed by atoms with van der Waals surface area (Å²) in [4.78, 5) is 15.9. The summed E-state index contributed by atoms with van der Waals surface area (Å²) in [6, 6.07) is 4.21. The number of aryl methyl sites for hydroxylation is 1. The highest BCUT2D eigenvalue weighted by atomic mass is 79.9. The third-order valence-electron chi connectivity index (χ3n) is 2.51. The zero-order valence-corrected chi connectivity index (χ0v) is 12.5. The van der Waals surface area contributed by atoms with Crippen molar-refractivity contribution in [1.29, 1.82) is 0 Å². The molecule has 0 unspecified atom stereocenters. The van der Waals surface area contributed by atoms with Crippen molar-refractivity contribution in [2.45, 2.75) is 19.8 Å². The lowest BCUT2D eigenvalue weighted by molar-refractivity contribution is 0.0692. The number of aromatic nitrogens is 1. The van der Waals surface area contributed by atoms with Gasteiger partial charge in [-0.1, -0.05) is 22.9 Å². The predicted octanol–water partition coefficient (Wildman–Crippen LogP) is 4.36. The van der Waals surface area contributed by atoms with Crippen LogP contribution in [0.3, 0.4) is 0 Å². The molecule has 3 nitrogen and oxygen atoms in total. The van der Waals surface area contributed by atoms with E-state index in [1.165, 1.54) is 23.5 Å². The van der Waals surface area contributed by atoms with E-state index >= 15 is 0 Å². The third-order valence-corrected chi connectivity index (χ3v) is 4.35. The Morgan fingerprint density at radius 3 is 2.89 bits per heavy atom. The molecule has 19 heavy (non-hydrogen) atoms. The first-order chi connectivity index (χ1) is 9.02. The normalized spacial score (nSPS) is 10.7. The lowest BCUT2D eigenvalue weighted by Crippen LogP contribution is -1.99. The number of hydrogen-bond donors (Lipinski definition) is 1. The molecule has 0 radical (unpaired) electrons. The summed E-state index contributed by atoms with van der Waals surface area (Å²) in [5, 5.41) is 9.96. The summed E-state index contributed by atoms with van der Waals surface area (Å²) in [5.41, 5.74) is 0.511. The van der Waals surface area contributed by atoms with E-state index in [4.69, 9.17) is 0 Å². The van der Waals surface area contributed by atoms with Crippen LogP contribution in [0.1, 0.15) is 28.8 Å². The van der Waals surface area contributed by atoms with Crippen molar-refractivity contribution < 1.29 is 14.3 Å². The fourth-order valence-electron chi connectivity index (χ4n) is 1.68. The number of rotatable bonds is 4. The van der Waals surface area contributed by atoms with Crippen molar-refractivity contribution in [2.75, 3.05) is 0 Å². The number of nitrogens with zero attached hydrogens (tertiary/aromatic N) is 1. The largest absolute Gasteiger partial charge is 0.476 e. The number of halogens is 2. The highest BCUT2D eigenvalue weighted by molar-refractivity contribution is 9.10. The Kier molecular flexibility index (Phi) is 4.31. The van der Waals surface area contributed by atoms with Crippen LogP contribution in [-0.4, -0.2) is 16.1 Å². The highest BCUT2D eigenvalue weighted by Crippen LogP contribution is 2.36. The van der Waals surface area contributed by atoms with E-state index in [9.17, 15) is 14.3 Å². The van der Waals surface area contributed by atoms with Crippen molar-refractivity contribution in [3.63, 3.8) is 0 Å². The maximum absolute atomic E-state index is 13.3. The topological polar surface area (TPSA) is 50.2 Å². The van der Waals surface area contributed by atoms with Crippen LogP contribution < -0.4 is 0 Å². The number of carbonyl (C=O) groups is 1. The van der Waals surface area contributed by atoms with Gasteiger partial charge in [-0.3, -0.25) is 0 Å². The van der Waals surface area contributed by atoms with Crippen LogP contribution in [-0.2, 0) is 6.42 Å². The predicted molar refractivity (Wildman–Crippen MR) is 76.2 cm³/mol. The molecule has 0 aliphatic heterocycles. The van der Waals surface area contributed by atoms with Gasteiger partial charge in [0.25, 0.3) is 0 Å². The quantitative estimate of drug-likeness (QED) is 0.896. The van der Waals surface area contributed by atoms with Gasteiger partial charge in [0.2, 0.25) is 0 Å². The maximum atomic E-state index is 13.3. The molecule has 1 heterocycles. The summed E-state index contributed by atoms with van der Waals surface area (Å²) in [5.74, 6) is -1.50. The van der Waals surface area contributed by atoms with Crippen LogP contribution in [0.2, 0.25) is 0 Å². The molecule has 1 N–H and O–H groups in total. The van der Waals surface area contributed by atoms with E-state index in [1.54, 1.807) is 6.07 Å². The molecule has 0 spiro atoms. The third kappa shape index (κ3) is 3.01. The summed E-state index contributed by atoms with van der Waals surface area (Å²) in [6.07, 6.45) is 1.61. The maximum Gasteiger partial charge on any atom is 0.356 e. The zero-order chi connectivity index (χ0) is 14.0. The van der Waals surface area contributed by atoms with Crippen molar-refractivity contribution >= 4 is 33.2 Å². The molecule has 0 aliphatic carbocycles. The molecule has 0 saturated carbocycles. The first-order valence-electron chi connectivity index (χ1n) is 5.71. The molecule has 1 aromatic heterocycles. The molecular weight excluding hydrogens is 333 g/mol. The minimum absolute atomic E-state index is 0.0141. The van der Waals surface area contributed by atoms with Crippen LogP contribution in [0, 0.1) is 5.82 Å². The van der Waals surface area contributed by atoms with Gasteiger partial charge in [-0.2, -0.15) is 0 Å². The number of carboxylic acids is 1. The monoisotopic (exact) mass is 343 g/mol. The number of hydrogen-bond acceptors (Lipinski definition) is 3. The van der Waals surface area contributed by atoms with Crippen LogP contribution in [0.5, 0.6) is 0 Å². The molecule has 0 bridgehead atoms. The Bertz CT molecular complexity index is 627. The fraction of sp³-hybridized carbons (Fsp3) is 0.231. The summed E-state index contributed by atoms with van der Waals surface area (Å²) in [6.45, 7) is 2.00. The number of thiazole rings is 1. The second-order valence-electron chi connectivity index (χ2n) is 3.96. The first-order valence-corrected chi connectivity index (χ1v) is 7.32. The number of carboxylic acid groups (broad SMARTS) is 1. The van der Waals surface area contributed by atoms with Crippen LogP contribution in [0.25, 0.3) is 10.4 Å². The van der Waals surface area contributed by atoms with Crippen LogP contribution >= 0.6 is 27.3 Å². The molecule has 0 amide bonds. The molecule has 0 aliphatic rings. The Hall–Kier alpha value is -1.27. The zero-order valence-electron chi connectivity index (χ0n) is 10.1. The van der Waals surface area contributed by atoms with E-state index < -0.39 is 11.8 Å². The van der Waals surface area contributed by atoms with E-state index in [0.29, 0.717) is 14.9 Å². The van der Waals surface area contributed by atoms with Gasteiger partial charge in [0.1, 0.15) is 5.82 Å². The highest BCUT2D eigenvalue weighted by Gasteiger charge is 2.20. The van der Waals surface area contributed by atoms with Crippen LogP contribution in [0.15, 0.2) is 22.7 Å². The fourth-order valence-corrected chi connectivity index (χ4v) is 3.45. The standard InChI is InChI=1S/C13H11BrFNO2S/c1-2-3-10-16-11(13(17)18)12(19-10)8-6-7(15)4-5-9(8)14/h4-6H,2-3H2,1H3,(H,17,18). The second-order valence-corrected chi connectivity index (χ2v) is 5.90. The summed E-state index contributed by atoms with van der Waals surface area (Å²) in [7, 11) is 0. The molecule has 0 atom stereocenters. The Morgan fingerprint density at radius 1 is 1.53 bits per heavy atom. The van der Waals surface area contributed by atoms with Crippen LogP contribution in [0.4, 0.5) is 4.39 Å². The van der Waals surface area contributed by atoms with Gasteiger partial charge >= 0.3 is 5.97 Å². The summed E-state index contributed by atoms with van der Waals surface area (Å²) < 4.78 is 14.0. The smallest absolute Gasteiger partial charge is 0.356 e. The van der Waals surface area contributed by atoms with Gasteiger partial charge in [-0.15, -0.1) is 11.3 Å². The Labute approximate surface area is 122 Å². The van der Waals surface area contributed by atoms with Crippen molar-refractivity contribution in [1.82, 2.24) is 4.98 Å². The summed E-state index contributed by atoms with van der Waals surface area (Å²) >= 11 is 4.62. The van der Waals surface area contributed by atoms with Crippen molar-refractivity contribution in [3.8, 4) is 10.4 Å². The number of benzene rings is 1. The molecular formula is C13H11BrFNO2S. The van der Waals surface area contributed by atoms with Gasteiger partial charge in [-0.25, -0.2) is 14.2 Å². The van der Waals surface area contributed by atoms with E-state index in [0.717, 1.165) is 17.8 Å². The molecule has 6 heteroatoms. The Morgan fingerprint density at radius 2 is 2.26 bits per heavy atom. The van der Waals surface area contributed by atoms with Gasteiger partial charge < -0.3 is 5.11 Å². The molecule has 0 saturated heterocycles. The lowest BCUT2D eigenvalue weighted by atomic mass is 10.1. The average Bonchev–Trinajstić information content (AvgIpc) is 2.77. The van der Waals surface area contributed by atoms with E-state index in [1.807, 2.05) is 6.92 Å². The SMILES string of the molecule is CCCc1nc(C(=O)O)c(-c2cc(F)ccc2Br)s1. The average molecular weight is 344 g/mol. The van der Waals surface area contributed by atoms with Crippen molar-refractivity contribution in [3.05, 3.63) is 39.2 Å². The minimum atomic E-state index is -1.09. The Balaban J connectivity index is 2.59. The van der Waals surface area contributed by atoms with Gasteiger partial charge in [0.05, 0.1) is 9.88 Å². The second kappa shape index (κ2) is 5.79. The van der Waals surface area contributed by atoms with Gasteiger partial charge in [0.15, 0.2) is 5.69 Å². The van der Waals surface area contributed by atoms with Gasteiger partial charge in [0, 0.05) is 10.0 Å². The molecule has 1 aromatic carbocycles. The molecule has 2 rings (SSSR count). The molecule has 2 aromatic rings. The van der Waals surface area contributed by atoms with Crippen molar-refractivity contribution in [2.24, 2.45) is 0 Å². The lowest BCUT2D eigenvalue weighted by Gasteiger charge is -2.02. The molecule has 100 valence electrons. The van der Waals surface area contributed by atoms with E-state index in [2.05, 4.69) is 20.9 Å². The minimum Gasteiger partial charge on any atom is -0.476 e. The first kappa shape index (κ1) is 14.1. The molecule has 0 fully saturated rings. The number of aromatic carboxylic acids is 1.